The highest BCUT2D eigenvalue weighted by molar-refractivity contribution is 7.81. The van der Waals surface area contributed by atoms with Crippen LogP contribution in [0.25, 0.3) is 0 Å². The first kappa shape index (κ1) is 9.13. The summed E-state index contributed by atoms with van der Waals surface area (Å²) in [5.74, 6) is -0.873. The first-order valence-corrected chi connectivity index (χ1v) is 4.16. The monoisotopic (exact) mass is 182 g/mol. The summed E-state index contributed by atoms with van der Waals surface area (Å²) >= 11 is 3.94. The standard InChI is InChI=1S/C9H10O2S/c10-9(11)8(12)6-7-4-2-1-3-5-7/h1-5,8,12H,6H2,(H,10,11)/t8-/m1/s1. The van der Waals surface area contributed by atoms with E-state index in [1.165, 1.54) is 0 Å². The van der Waals surface area contributed by atoms with Crippen LogP contribution in [-0.4, -0.2) is 16.3 Å². The molecule has 0 fully saturated rings. The maximum absolute atomic E-state index is 10.4. The van der Waals surface area contributed by atoms with Crippen LogP contribution in [0.4, 0.5) is 0 Å². The Morgan fingerprint density at radius 2 is 2.00 bits per heavy atom. The Labute approximate surface area is 76.6 Å². The summed E-state index contributed by atoms with van der Waals surface area (Å²) < 4.78 is 0. The van der Waals surface area contributed by atoms with E-state index in [4.69, 9.17) is 5.11 Å². The fourth-order valence-corrected chi connectivity index (χ4v) is 1.14. The second-order valence-corrected chi connectivity index (χ2v) is 3.17. The van der Waals surface area contributed by atoms with Crippen molar-refractivity contribution in [3.8, 4) is 0 Å². The minimum absolute atomic E-state index is 0.472. The number of carboxylic acids is 1. The van der Waals surface area contributed by atoms with Crippen LogP contribution in [0.2, 0.25) is 0 Å². The average molecular weight is 182 g/mol. The van der Waals surface area contributed by atoms with E-state index >= 15 is 0 Å². The predicted octanol–water partition coefficient (Wildman–Crippen LogP) is 1.61. The molecule has 1 atom stereocenters. The molecule has 0 radical (unpaired) electrons. The van der Waals surface area contributed by atoms with E-state index < -0.39 is 11.2 Å². The van der Waals surface area contributed by atoms with E-state index in [2.05, 4.69) is 12.6 Å². The molecule has 0 bridgehead atoms. The lowest BCUT2D eigenvalue weighted by Gasteiger charge is -2.03. The van der Waals surface area contributed by atoms with Crippen LogP contribution >= 0.6 is 12.6 Å². The van der Waals surface area contributed by atoms with E-state index in [0.29, 0.717) is 6.42 Å². The molecule has 1 N–H and O–H groups in total. The van der Waals surface area contributed by atoms with Crippen LogP contribution in [-0.2, 0) is 11.2 Å². The number of hydrogen-bond donors (Lipinski definition) is 2. The third kappa shape index (κ3) is 2.58. The highest BCUT2D eigenvalue weighted by Crippen LogP contribution is 2.07. The highest BCUT2D eigenvalue weighted by Gasteiger charge is 2.11. The van der Waals surface area contributed by atoms with Gasteiger partial charge in [0.15, 0.2) is 0 Å². The molecule has 0 amide bonds. The van der Waals surface area contributed by atoms with Gasteiger partial charge in [0.05, 0.1) is 0 Å². The second-order valence-electron chi connectivity index (χ2n) is 2.54. The van der Waals surface area contributed by atoms with Crippen LogP contribution < -0.4 is 0 Å². The first-order chi connectivity index (χ1) is 5.70. The van der Waals surface area contributed by atoms with Gasteiger partial charge in [-0.1, -0.05) is 30.3 Å². The van der Waals surface area contributed by atoms with Crippen LogP contribution in [0, 0.1) is 0 Å². The smallest absolute Gasteiger partial charge is 0.316 e. The number of hydrogen-bond acceptors (Lipinski definition) is 2. The van der Waals surface area contributed by atoms with Gasteiger partial charge in [0, 0.05) is 0 Å². The fraction of sp³-hybridized carbons (Fsp3) is 0.222. The van der Waals surface area contributed by atoms with Crippen molar-refractivity contribution < 1.29 is 9.90 Å². The van der Waals surface area contributed by atoms with Crippen molar-refractivity contribution in [3.63, 3.8) is 0 Å². The van der Waals surface area contributed by atoms with Crippen molar-refractivity contribution >= 4 is 18.6 Å². The number of rotatable bonds is 3. The molecule has 0 aliphatic heterocycles. The molecule has 0 aliphatic rings. The molecular weight excluding hydrogens is 172 g/mol. The van der Waals surface area contributed by atoms with Gasteiger partial charge in [-0.25, -0.2) is 0 Å². The van der Waals surface area contributed by atoms with Gasteiger partial charge in [-0.2, -0.15) is 12.6 Å². The molecule has 12 heavy (non-hydrogen) atoms. The zero-order chi connectivity index (χ0) is 8.97. The number of carboxylic acid groups (broad SMARTS) is 1. The Morgan fingerprint density at radius 3 is 2.50 bits per heavy atom. The van der Waals surface area contributed by atoms with E-state index in [1.807, 2.05) is 30.3 Å². The molecule has 64 valence electrons. The molecule has 1 rings (SSSR count). The normalized spacial score (nSPS) is 12.4. The van der Waals surface area contributed by atoms with Gasteiger partial charge in [-0.3, -0.25) is 4.79 Å². The molecule has 1 aromatic rings. The Balaban J connectivity index is 2.58. The molecule has 0 aliphatic carbocycles. The van der Waals surface area contributed by atoms with E-state index in [0.717, 1.165) is 5.56 Å². The second kappa shape index (κ2) is 4.16. The Bertz CT molecular complexity index is 258. The zero-order valence-corrected chi connectivity index (χ0v) is 7.37. The van der Waals surface area contributed by atoms with Gasteiger partial charge in [0.2, 0.25) is 0 Å². The molecule has 0 heterocycles. The lowest BCUT2D eigenvalue weighted by Crippen LogP contribution is -2.15. The van der Waals surface area contributed by atoms with Crippen molar-refractivity contribution in [2.24, 2.45) is 0 Å². The third-order valence-electron chi connectivity index (χ3n) is 1.56. The summed E-state index contributed by atoms with van der Waals surface area (Å²) in [6, 6.07) is 9.46. The topological polar surface area (TPSA) is 37.3 Å². The SMILES string of the molecule is O=C(O)[C@H](S)Cc1ccccc1. The lowest BCUT2D eigenvalue weighted by molar-refractivity contribution is -0.136. The Morgan fingerprint density at radius 1 is 1.42 bits per heavy atom. The molecule has 0 saturated carbocycles. The fourth-order valence-electron chi connectivity index (χ4n) is 0.925. The van der Waals surface area contributed by atoms with Crippen LogP contribution in [0.3, 0.4) is 0 Å². The maximum atomic E-state index is 10.4. The summed E-state index contributed by atoms with van der Waals surface area (Å²) in [6.45, 7) is 0. The largest absolute Gasteiger partial charge is 0.480 e. The van der Waals surface area contributed by atoms with Gasteiger partial charge in [-0.15, -0.1) is 0 Å². The van der Waals surface area contributed by atoms with Crippen molar-refractivity contribution in [2.75, 3.05) is 0 Å². The number of benzene rings is 1. The summed E-state index contributed by atoms with van der Waals surface area (Å²) in [4.78, 5) is 10.4. The summed E-state index contributed by atoms with van der Waals surface area (Å²) in [6.07, 6.45) is 0.472. The van der Waals surface area contributed by atoms with Crippen LogP contribution in [0.5, 0.6) is 0 Å². The average Bonchev–Trinajstić information content (AvgIpc) is 2.06. The molecule has 0 aromatic heterocycles. The van der Waals surface area contributed by atoms with E-state index in [1.54, 1.807) is 0 Å². The highest BCUT2D eigenvalue weighted by atomic mass is 32.1. The molecule has 0 spiro atoms. The van der Waals surface area contributed by atoms with Crippen LogP contribution in [0.15, 0.2) is 30.3 Å². The van der Waals surface area contributed by atoms with Gasteiger partial charge >= 0.3 is 5.97 Å². The van der Waals surface area contributed by atoms with Crippen molar-refractivity contribution in [1.82, 2.24) is 0 Å². The summed E-state index contributed by atoms with van der Waals surface area (Å²) in [5.41, 5.74) is 1.000. The first-order valence-electron chi connectivity index (χ1n) is 3.65. The van der Waals surface area contributed by atoms with Crippen molar-refractivity contribution in [1.29, 1.82) is 0 Å². The van der Waals surface area contributed by atoms with E-state index in [-0.39, 0.29) is 0 Å². The minimum atomic E-state index is -0.873. The summed E-state index contributed by atoms with van der Waals surface area (Å²) in [5, 5.41) is 7.96. The quantitative estimate of drug-likeness (QED) is 0.697. The Kier molecular flexibility index (Phi) is 3.17. The number of aliphatic carboxylic acids is 1. The van der Waals surface area contributed by atoms with Gasteiger partial charge in [-0.05, 0) is 12.0 Å². The Hall–Kier alpha value is -0.960. The molecule has 0 saturated heterocycles. The van der Waals surface area contributed by atoms with E-state index in [9.17, 15) is 4.79 Å². The molecule has 3 heteroatoms. The molecule has 0 unspecified atom stereocenters. The molecular formula is C9H10O2S. The lowest BCUT2D eigenvalue weighted by atomic mass is 10.1. The van der Waals surface area contributed by atoms with Gasteiger partial charge in [0.25, 0.3) is 0 Å². The minimum Gasteiger partial charge on any atom is -0.480 e. The molecule has 1 aromatic carbocycles. The number of thiol groups is 1. The predicted molar refractivity (Wildman–Crippen MR) is 50.6 cm³/mol. The zero-order valence-electron chi connectivity index (χ0n) is 6.47. The third-order valence-corrected chi connectivity index (χ3v) is 1.96. The van der Waals surface area contributed by atoms with Gasteiger partial charge < -0.3 is 5.11 Å². The van der Waals surface area contributed by atoms with Crippen molar-refractivity contribution in [3.05, 3.63) is 35.9 Å². The van der Waals surface area contributed by atoms with Gasteiger partial charge in [0.1, 0.15) is 5.25 Å². The van der Waals surface area contributed by atoms with Crippen molar-refractivity contribution in [2.45, 2.75) is 11.7 Å². The maximum Gasteiger partial charge on any atom is 0.316 e. The van der Waals surface area contributed by atoms with Crippen LogP contribution in [0.1, 0.15) is 5.56 Å². The number of carbonyl (C=O) groups is 1. The molecule has 2 nitrogen and oxygen atoms in total. The summed E-state index contributed by atoms with van der Waals surface area (Å²) in [7, 11) is 0.